The Morgan fingerprint density at radius 2 is 2.11 bits per heavy atom. The van der Waals surface area contributed by atoms with Gasteiger partial charge in [0, 0.05) is 46.9 Å². The SMILES string of the molecule is COc1ccccc1C1C(C)NN2C(=O)C=C(CSc3nccc(C)n3)NC12. The van der Waals surface area contributed by atoms with E-state index in [9.17, 15) is 4.79 Å². The minimum absolute atomic E-state index is 0.0474. The van der Waals surface area contributed by atoms with Crippen LogP contribution >= 0.6 is 11.8 Å². The minimum Gasteiger partial charge on any atom is -0.496 e. The monoisotopic (exact) mass is 397 g/mol. The van der Waals surface area contributed by atoms with E-state index in [1.165, 1.54) is 11.8 Å². The second kappa shape index (κ2) is 7.81. The molecule has 0 aliphatic carbocycles. The maximum Gasteiger partial charge on any atom is 0.264 e. The molecule has 0 radical (unpaired) electrons. The number of amides is 1. The number of thioether (sulfide) groups is 1. The molecule has 1 saturated heterocycles. The van der Waals surface area contributed by atoms with Gasteiger partial charge in [-0.2, -0.15) is 0 Å². The van der Waals surface area contributed by atoms with Gasteiger partial charge in [0.2, 0.25) is 0 Å². The van der Waals surface area contributed by atoms with Gasteiger partial charge >= 0.3 is 0 Å². The van der Waals surface area contributed by atoms with Crippen molar-refractivity contribution in [2.45, 2.75) is 37.1 Å². The van der Waals surface area contributed by atoms with E-state index in [1.807, 2.05) is 31.2 Å². The molecule has 1 aromatic carbocycles. The van der Waals surface area contributed by atoms with Crippen LogP contribution in [0.15, 0.2) is 53.5 Å². The Balaban J connectivity index is 1.55. The molecule has 7 nitrogen and oxygen atoms in total. The maximum atomic E-state index is 12.7. The van der Waals surface area contributed by atoms with Gasteiger partial charge in [-0.15, -0.1) is 0 Å². The number of benzene rings is 1. The summed E-state index contributed by atoms with van der Waals surface area (Å²) < 4.78 is 5.56. The van der Waals surface area contributed by atoms with E-state index in [4.69, 9.17) is 4.74 Å². The van der Waals surface area contributed by atoms with Crippen LogP contribution in [0.3, 0.4) is 0 Å². The number of aromatic nitrogens is 2. The van der Waals surface area contributed by atoms with Crippen LogP contribution in [0, 0.1) is 6.92 Å². The first kappa shape index (κ1) is 18.8. The van der Waals surface area contributed by atoms with Crippen LogP contribution in [0.25, 0.3) is 0 Å². The molecule has 0 bridgehead atoms. The van der Waals surface area contributed by atoms with E-state index in [0.717, 1.165) is 22.7 Å². The fraction of sp³-hybridized carbons (Fsp3) is 0.350. The molecule has 0 saturated carbocycles. The molecule has 4 rings (SSSR count). The van der Waals surface area contributed by atoms with Crippen molar-refractivity contribution in [2.24, 2.45) is 0 Å². The third kappa shape index (κ3) is 3.57. The van der Waals surface area contributed by atoms with E-state index < -0.39 is 0 Å². The fourth-order valence-corrected chi connectivity index (χ4v) is 4.52. The van der Waals surface area contributed by atoms with Gasteiger partial charge < -0.3 is 10.1 Å². The van der Waals surface area contributed by atoms with Crippen molar-refractivity contribution < 1.29 is 9.53 Å². The normalized spacial score (nSPS) is 23.8. The molecule has 2 aliphatic rings. The number of ether oxygens (including phenoxy) is 1. The van der Waals surface area contributed by atoms with E-state index in [-0.39, 0.29) is 24.0 Å². The van der Waals surface area contributed by atoms with Gasteiger partial charge in [-0.05, 0) is 26.0 Å². The van der Waals surface area contributed by atoms with Crippen LogP contribution in [0.4, 0.5) is 0 Å². The molecule has 1 aromatic heterocycles. The quantitative estimate of drug-likeness (QED) is 0.592. The van der Waals surface area contributed by atoms with Crippen molar-refractivity contribution in [1.29, 1.82) is 0 Å². The average Bonchev–Trinajstić information content (AvgIpc) is 3.03. The van der Waals surface area contributed by atoms with Crippen LogP contribution < -0.4 is 15.5 Å². The highest BCUT2D eigenvalue weighted by molar-refractivity contribution is 7.99. The number of hydrogen-bond acceptors (Lipinski definition) is 7. The standard InChI is InChI=1S/C20H23N5O2S/c1-12-8-9-21-20(22-12)28-11-14-10-17(26)25-19(23-14)18(13(2)24-25)15-6-4-5-7-16(15)27-3/h4-10,13,18-19,23-24H,11H2,1-3H3. The van der Waals surface area contributed by atoms with Crippen LogP contribution in [-0.2, 0) is 4.79 Å². The first-order chi connectivity index (χ1) is 13.6. The topological polar surface area (TPSA) is 79.4 Å². The molecule has 146 valence electrons. The third-order valence-electron chi connectivity index (χ3n) is 5.00. The Labute approximate surface area is 168 Å². The van der Waals surface area contributed by atoms with Gasteiger partial charge in [0.25, 0.3) is 5.91 Å². The van der Waals surface area contributed by atoms with Crippen molar-refractivity contribution in [3.63, 3.8) is 0 Å². The maximum absolute atomic E-state index is 12.7. The number of para-hydroxylation sites is 1. The summed E-state index contributed by atoms with van der Waals surface area (Å²) in [6.45, 7) is 4.02. The van der Waals surface area contributed by atoms with Crippen molar-refractivity contribution in [3.8, 4) is 5.75 Å². The van der Waals surface area contributed by atoms with Crippen LogP contribution in [0.2, 0.25) is 0 Å². The Morgan fingerprint density at radius 1 is 1.29 bits per heavy atom. The van der Waals surface area contributed by atoms with Gasteiger partial charge in [0.05, 0.1) is 7.11 Å². The molecule has 3 heterocycles. The highest BCUT2D eigenvalue weighted by atomic mass is 32.2. The van der Waals surface area contributed by atoms with Crippen LogP contribution in [0.1, 0.15) is 24.1 Å². The molecule has 3 atom stereocenters. The Morgan fingerprint density at radius 3 is 2.89 bits per heavy atom. The zero-order valence-corrected chi connectivity index (χ0v) is 16.9. The lowest BCUT2D eigenvalue weighted by atomic mass is 9.90. The molecule has 2 aliphatic heterocycles. The van der Waals surface area contributed by atoms with Crippen LogP contribution in [0.5, 0.6) is 5.75 Å². The Kier molecular flexibility index (Phi) is 5.23. The molecule has 1 fully saturated rings. The summed E-state index contributed by atoms with van der Waals surface area (Å²) >= 11 is 1.51. The Bertz CT molecular complexity index is 919. The van der Waals surface area contributed by atoms with Gasteiger partial charge in [0.1, 0.15) is 11.9 Å². The zero-order valence-electron chi connectivity index (χ0n) is 16.0. The summed E-state index contributed by atoms with van der Waals surface area (Å²) in [4.78, 5) is 21.4. The van der Waals surface area contributed by atoms with Gasteiger partial charge in [0.15, 0.2) is 5.16 Å². The summed E-state index contributed by atoms with van der Waals surface area (Å²) in [7, 11) is 1.67. The first-order valence-corrected chi connectivity index (χ1v) is 10.2. The number of hydrogen-bond donors (Lipinski definition) is 2. The smallest absolute Gasteiger partial charge is 0.264 e. The van der Waals surface area contributed by atoms with Crippen LogP contribution in [-0.4, -0.2) is 46.0 Å². The van der Waals surface area contributed by atoms with Crippen molar-refractivity contribution in [1.82, 2.24) is 25.7 Å². The van der Waals surface area contributed by atoms with Gasteiger partial charge in [-0.3, -0.25) is 9.80 Å². The highest BCUT2D eigenvalue weighted by Crippen LogP contribution is 2.37. The molecule has 8 heteroatoms. The van der Waals surface area contributed by atoms with Gasteiger partial charge in [-0.1, -0.05) is 30.0 Å². The molecule has 28 heavy (non-hydrogen) atoms. The molecule has 3 unspecified atom stereocenters. The predicted octanol–water partition coefficient (Wildman–Crippen LogP) is 2.22. The average molecular weight is 398 g/mol. The second-order valence-corrected chi connectivity index (χ2v) is 7.86. The fourth-order valence-electron chi connectivity index (χ4n) is 3.72. The van der Waals surface area contributed by atoms with Crippen molar-refractivity contribution >= 4 is 17.7 Å². The number of nitrogens with one attached hydrogen (secondary N) is 2. The molecular formula is C20H23N5O2S. The predicted molar refractivity (Wildman–Crippen MR) is 108 cm³/mol. The number of nitrogens with zero attached hydrogens (tertiary/aromatic N) is 3. The lowest BCUT2D eigenvalue weighted by Crippen LogP contribution is -2.53. The number of fused-ring (bicyclic) bond motifs is 1. The summed E-state index contributed by atoms with van der Waals surface area (Å²) in [6.07, 6.45) is 3.21. The summed E-state index contributed by atoms with van der Waals surface area (Å²) in [5.41, 5.74) is 6.17. The van der Waals surface area contributed by atoms with Gasteiger partial charge in [-0.25, -0.2) is 15.4 Å². The third-order valence-corrected chi connectivity index (χ3v) is 5.91. The van der Waals surface area contributed by atoms with E-state index in [2.05, 4.69) is 33.7 Å². The largest absolute Gasteiger partial charge is 0.496 e. The van der Waals surface area contributed by atoms with E-state index in [1.54, 1.807) is 24.4 Å². The summed E-state index contributed by atoms with van der Waals surface area (Å²) in [5, 5.41) is 5.92. The zero-order chi connectivity index (χ0) is 19.7. The highest BCUT2D eigenvalue weighted by Gasteiger charge is 2.45. The van der Waals surface area contributed by atoms with Crippen molar-refractivity contribution in [3.05, 3.63) is 59.6 Å². The van der Waals surface area contributed by atoms with E-state index in [0.29, 0.717) is 10.9 Å². The van der Waals surface area contributed by atoms with Crippen molar-refractivity contribution in [2.75, 3.05) is 12.9 Å². The first-order valence-electron chi connectivity index (χ1n) is 9.18. The van der Waals surface area contributed by atoms with E-state index >= 15 is 0 Å². The number of methoxy groups -OCH3 is 1. The summed E-state index contributed by atoms with van der Waals surface area (Å²) in [6, 6.07) is 9.92. The summed E-state index contributed by atoms with van der Waals surface area (Å²) in [5.74, 6) is 1.45. The molecule has 0 spiro atoms. The number of carbonyl (C=O) groups excluding carboxylic acids is 1. The molecule has 2 N–H and O–H groups in total. The number of carbonyl (C=O) groups is 1. The molecule has 2 aromatic rings. The number of aryl methyl sites for hydroxylation is 1. The Hall–Kier alpha value is -2.58. The number of rotatable bonds is 5. The minimum atomic E-state index is -0.183. The molecule has 1 amide bonds. The lowest BCUT2D eigenvalue weighted by molar-refractivity contribution is -0.131. The second-order valence-electron chi connectivity index (χ2n) is 6.92. The lowest BCUT2D eigenvalue weighted by Gasteiger charge is -2.33. The number of hydrazine groups is 1. The molecular weight excluding hydrogens is 374 g/mol.